The van der Waals surface area contributed by atoms with Gasteiger partial charge in [0.25, 0.3) is 5.91 Å². The molecule has 2 heterocycles. The Balaban J connectivity index is 1.52. The zero-order valence-corrected chi connectivity index (χ0v) is 22.1. The third-order valence-corrected chi connectivity index (χ3v) is 6.97. The van der Waals surface area contributed by atoms with Crippen molar-refractivity contribution in [1.82, 2.24) is 20.3 Å². The molecule has 2 aromatic heterocycles. The fourth-order valence-electron chi connectivity index (χ4n) is 4.24. The summed E-state index contributed by atoms with van der Waals surface area (Å²) in [7, 11) is 0. The quantitative estimate of drug-likeness (QED) is 0.390. The number of aromatic nitrogens is 3. The largest absolute Gasteiger partial charge is 0.343 e. The van der Waals surface area contributed by atoms with Crippen molar-refractivity contribution in [2.24, 2.45) is 5.73 Å². The number of amides is 2. The summed E-state index contributed by atoms with van der Waals surface area (Å²) in [6.07, 6.45) is 6.14. The van der Waals surface area contributed by atoms with Crippen LogP contribution in [0, 0.1) is 6.92 Å². The second-order valence-corrected chi connectivity index (χ2v) is 10.9. The molecule has 9 nitrogen and oxygen atoms in total. The maximum Gasteiger partial charge on any atom is 0.252 e. The van der Waals surface area contributed by atoms with Gasteiger partial charge in [0.05, 0.1) is 11.7 Å². The van der Waals surface area contributed by atoms with E-state index in [-0.39, 0.29) is 11.8 Å². The Morgan fingerprint density at radius 3 is 2.64 bits per heavy atom. The summed E-state index contributed by atoms with van der Waals surface area (Å²) in [5, 5.41) is 9.65. The van der Waals surface area contributed by atoms with Crippen molar-refractivity contribution >= 4 is 44.6 Å². The number of anilines is 2. The highest BCUT2D eigenvalue weighted by molar-refractivity contribution is 7.21. The van der Waals surface area contributed by atoms with E-state index in [0.717, 1.165) is 22.4 Å². The first-order chi connectivity index (χ1) is 16.8. The van der Waals surface area contributed by atoms with Crippen molar-refractivity contribution in [3.63, 3.8) is 0 Å². The smallest absolute Gasteiger partial charge is 0.252 e. The fourth-order valence-corrected chi connectivity index (χ4v) is 5.10. The first kappa shape index (κ1) is 25.5. The van der Waals surface area contributed by atoms with Crippen LogP contribution in [-0.2, 0) is 10.3 Å². The zero-order valence-electron chi connectivity index (χ0n) is 21.3. The third-order valence-electron chi connectivity index (χ3n) is 6.09. The second-order valence-electron chi connectivity index (χ2n) is 9.95. The second kappa shape index (κ2) is 9.44. The van der Waals surface area contributed by atoms with E-state index in [9.17, 15) is 9.59 Å². The van der Waals surface area contributed by atoms with Crippen LogP contribution in [0.5, 0.6) is 0 Å². The standard InChI is InChI=1S/C26H31N7O2S/c1-14-10-11-26(6,33-21(35)17-8-7-9-18(15(17)2)25(4,5)27)12-19(14)30-23-28-13-20-22(32-23)36-24(31-20)29-16(3)34/h7-11,13H,12,27H2,1-6H3,(H,33,35)(H,28,30,32)(H,29,31,34). The molecule has 2 amide bonds. The first-order valence-electron chi connectivity index (χ1n) is 11.6. The highest BCUT2D eigenvalue weighted by atomic mass is 32.1. The molecule has 0 bridgehead atoms. The average Bonchev–Trinajstić information content (AvgIpc) is 3.16. The molecule has 3 aromatic rings. The molecule has 0 aliphatic heterocycles. The normalized spacial score (nSPS) is 17.9. The molecule has 1 atom stereocenters. The minimum atomic E-state index is -0.618. The molecule has 0 spiro atoms. The van der Waals surface area contributed by atoms with Gasteiger partial charge in [0.15, 0.2) is 9.96 Å². The number of nitrogens with one attached hydrogen (secondary N) is 3. The number of allylic oxidation sites excluding steroid dienone is 2. The van der Waals surface area contributed by atoms with Crippen molar-refractivity contribution in [2.45, 2.75) is 59.0 Å². The van der Waals surface area contributed by atoms with Gasteiger partial charge in [-0.2, -0.15) is 4.98 Å². The van der Waals surface area contributed by atoms with Crippen molar-refractivity contribution in [3.8, 4) is 0 Å². The predicted molar refractivity (Wildman–Crippen MR) is 144 cm³/mol. The van der Waals surface area contributed by atoms with E-state index in [4.69, 9.17) is 5.73 Å². The van der Waals surface area contributed by atoms with Crippen molar-refractivity contribution < 1.29 is 9.59 Å². The highest BCUT2D eigenvalue weighted by Gasteiger charge is 2.30. The van der Waals surface area contributed by atoms with Crippen molar-refractivity contribution in [2.75, 3.05) is 10.6 Å². The van der Waals surface area contributed by atoms with Gasteiger partial charge in [0.1, 0.15) is 5.52 Å². The van der Waals surface area contributed by atoms with Crippen LogP contribution < -0.4 is 21.7 Å². The lowest BCUT2D eigenvalue weighted by atomic mass is 9.86. The lowest BCUT2D eigenvalue weighted by Crippen LogP contribution is -2.46. The topological polar surface area (TPSA) is 135 Å². The van der Waals surface area contributed by atoms with E-state index in [1.165, 1.54) is 18.3 Å². The summed E-state index contributed by atoms with van der Waals surface area (Å²) < 4.78 is 0. The maximum atomic E-state index is 13.3. The van der Waals surface area contributed by atoms with E-state index in [2.05, 4.69) is 30.9 Å². The third kappa shape index (κ3) is 5.44. The number of hydrogen-bond acceptors (Lipinski definition) is 8. The minimum absolute atomic E-state index is 0.155. The molecule has 188 valence electrons. The highest BCUT2D eigenvalue weighted by Crippen LogP contribution is 2.30. The number of carbonyl (C=O) groups is 2. The molecule has 0 radical (unpaired) electrons. The number of hydrogen-bond donors (Lipinski definition) is 4. The predicted octanol–water partition coefficient (Wildman–Crippen LogP) is 4.38. The molecule has 0 fully saturated rings. The summed E-state index contributed by atoms with van der Waals surface area (Å²) in [5.74, 6) is 0.0789. The average molecular weight is 506 g/mol. The number of carbonyl (C=O) groups excluding carboxylic acids is 2. The van der Waals surface area contributed by atoms with Crippen LogP contribution >= 0.6 is 11.3 Å². The summed E-state index contributed by atoms with van der Waals surface area (Å²) in [5.41, 5.74) is 10.1. The van der Waals surface area contributed by atoms with Gasteiger partial charge >= 0.3 is 0 Å². The van der Waals surface area contributed by atoms with Gasteiger partial charge in [-0.15, -0.1) is 0 Å². The lowest BCUT2D eigenvalue weighted by Gasteiger charge is -2.33. The van der Waals surface area contributed by atoms with Crippen molar-refractivity contribution in [1.29, 1.82) is 0 Å². The SMILES string of the molecule is CC(=O)Nc1nc2cnc(NC3=C(C)C=CC(C)(NC(=O)c4cccc(C(C)(C)N)c4C)C3)nc2s1. The molecule has 5 N–H and O–H groups in total. The van der Waals surface area contributed by atoms with Gasteiger partial charge < -0.3 is 21.7 Å². The number of benzene rings is 1. The Morgan fingerprint density at radius 2 is 1.94 bits per heavy atom. The maximum absolute atomic E-state index is 13.3. The van der Waals surface area contributed by atoms with E-state index in [0.29, 0.717) is 33.4 Å². The van der Waals surface area contributed by atoms with Crippen LogP contribution in [0.1, 0.15) is 62.5 Å². The van der Waals surface area contributed by atoms with Crippen molar-refractivity contribution in [3.05, 3.63) is 64.5 Å². The summed E-state index contributed by atoms with van der Waals surface area (Å²) in [4.78, 5) is 38.6. The van der Waals surface area contributed by atoms with E-state index >= 15 is 0 Å². The van der Waals surface area contributed by atoms with E-state index in [1.807, 2.05) is 65.0 Å². The lowest BCUT2D eigenvalue weighted by molar-refractivity contribution is -0.114. The van der Waals surface area contributed by atoms with Gasteiger partial charge in [-0.25, -0.2) is 9.97 Å². The Bertz CT molecular complexity index is 1420. The Hall–Kier alpha value is -3.63. The number of nitrogens with zero attached hydrogens (tertiary/aromatic N) is 3. The molecule has 1 aliphatic carbocycles. The molecule has 1 aromatic carbocycles. The Labute approximate surface area is 214 Å². The molecule has 36 heavy (non-hydrogen) atoms. The van der Waals surface area contributed by atoms with Crippen LogP contribution in [-0.4, -0.2) is 32.3 Å². The summed E-state index contributed by atoms with van der Waals surface area (Å²) in [6.45, 7) is 11.2. The van der Waals surface area contributed by atoms with E-state index in [1.54, 1.807) is 6.20 Å². The Morgan fingerprint density at radius 1 is 1.19 bits per heavy atom. The summed E-state index contributed by atoms with van der Waals surface area (Å²) in [6, 6.07) is 5.65. The number of fused-ring (bicyclic) bond motifs is 1. The Kier molecular flexibility index (Phi) is 6.68. The number of thiazole rings is 1. The van der Waals surface area contributed by atoms with Crippen LogP contribution in [0.2, 0.25) is 0 Å². The van der Waals surface area contributed by atoms with E-state index < -0.39 is 11.1 Å². The van der Waals surface area contributed by atoms with Gasteiger partial charge in [0.2, 0.25) is 11.9 Å². The monoisotopic (exact) mass is 505 g/mol. The molecular weight excluding hydrogens is 474 g/mol. The molecular formula is C26H31N7O2S. The van der Waals surface area contributed by atoms with Gasteiger partial charge in [0, 0.05) is 30.1 Å². The zero-order chi connectivity index (χ0) is 26.3. The number of rotatable bonds is 6. The van der Waals surface area contributed by atoms with Gasteiger partial charge in [-0.1, -0.05) is 35.6 Å². The molecule has 0 saturated heterocycles. The molecule has 1 aliphatic rings. The van der Waals surface area contributed by atoms with Gasteiger partial charge in [-0.05, 0) is 57.4 Å². The fraction of sp³-hybridized carbons (Fsp3) is 0.346. The van der Waals surface area contributed by atoms with Crippen LogP contribution in [0.15, 0.2) is 47.8 Å². The van der Waals surface area contributed by atoms with Crippen LogP contribution in [0.25, 0.3) is 10.3 Å². The van der Waals surface area contributed by atoms with Gasteiger partial charge in [-0.3, -0.25) is 9.59 Å². The number of nitrogens with two attached hydrogens (primary N) is 1. The van der Waals surface area contributed by atoms with Crippen LogP contribution in [0.3, 0.4) is 0 Å². The minimum Gasteiger partial charge on any atom is -0.343 e. The van der Waals surface area contributed by atoms with Crippen LogP contribution in [0.4, 0.5) is 11.1 Å². The molecule has 0 saturated carbocycles. The molecule has 1 unspecified atom stereocenters. The first-order valence-corrected chi connectivity index (χ1v) is 12.4. The summed E-state index contributed by atoms with van der Waals surface area (Å²) >= 11 is 1.28. The molecule has 4 rings (SSSR count). The molecule has 10 heteroatoms.